The fraction of sp³-hybridized carbons (Fsp3) is 0.0741. The molecular weight excluding hydrogens is 432 g/mol. The molecule has 5 nitrogen and oxygen atoms in total. The molecule has 1 heterocycles. The number of rotatable bonds is 5. The minimum absolute atomic E-state index is 0.297. The second-order valence-electron chi connectivity index (χ2n) is 8.13. The highest BCUT2D eigenvalue weighted by molar-refractivity contribution is 7.90. The SMILES string of the molecule is CS(=O)(=O)c1ccccc1Cn1c2cc(-c3ccccc3)ccc2c2c(C(N)=O)cccc21. The van der Waals surface area contributed by atoms with Crippen LogP contribution in [0.4, 0.5) is 0 Å². The van der Waals surface area contributed by atoms with Crippen molar-refractivity contribution in [1.82, 2.24) is 4.57 Å². The van der Waals surface area contributed by atoms with Gasteiger partial charge in [0.1, 0.15) is 0 Å². The van der Waals surface area contributed by atoms with Crippen LogP contribution in [0.15, 0.2) is 95.9 Å². The summed E-state index contributed by atoms with van der Waals surface area (Å²) in [5, 5.41) is 1.67. The first-order chi connectivity index (χ1) is 15.8. The van der Waals surface area contributed by atoms with E-state index < -0.39 is 15.7 Å². The Labute approximate surface area is 192 Å². The largest absolute Gasteiger partial charge is 0.366 e. The minimum Gasteiger partial charge on any atom is -0.366 e. The minimum atomic E-state index is -3.40. The van der Waals surface area contributed by atoms with Crippen LogP contribution in [-0.4, -0.2) is 25.1 Å². The lowest BCUT2D eigenvalue weighted by molar-refractivity contribution is 0.100. The van der Waals surface area contributed by atoms with Crippen LogP contribution < -0.4 is 5.73 Å². The first-order valence-electron chi connectivity index (χ1n) is 10.5. The van der Waals surface area contributed by atoms with Crippen LogP contribution in [0.5, 0.6) is 0 Å². The van der Waals surface area contributed by atoms with E-state index in [1.165, 1.54) is 6.26 Å². The van der Waals surface area contributed by atoms with Crippen LogP contribution in [0.2, 0.25) is 0 Å². The van der Waals surface area contributed by atoms with Crippen molar-refractivity contribution in [2.24, 2.45) is 5.73 Å². The Kier molecular flexibility index (Phi) is 5.02. The lowest BCUT2D eigenvalue weighted by atomic mass is 10.0. The monoisotopic (exact) mass is 454 g/mol. The molecule has 6 heteroatoms. The molecule has 0 aliphatic heterocycles. The van der Waals surface area contributed by atoms with Gasteiger partial charge in [-0.25, -0.2) is 8.42 Å². The Bertz CT molecular complexity index is 1630. The molecule has 0 saturated heterocycles. The summed E-state index contributed by atoms with van der Waals surface area (Å²) < 4.78 is 26.9. The molecular formula is C27H22N2O3S. The molecule has 5 aromatic rings. The van der Waals surface area contributed by atoms with Crippen molar-refractivity contribution in [3.63, 3.8) is 0 Å². The van der Waals surface area contributed by atoms with E-state index in [0.717, 1.165) is 32.9 Å². The molecule has 33 heavy (non-hydrogen) atoms. The van der Waals surface area contributed by atoms with Crippen molar-refractivity contribution >= 4 is 37.6 Å². The Balaban J connectivity index is 1.83. The van der Waals surface area contributed by atoms with Crippen LogP contribution in [0.3, 0.4) is 0 Å². The number of benzene rings is 4. The van der Waals surface area contributed by atoms with E-state index in [4.69, 9.17) is 5.73 Å². The van der Waals surface area contributed by atoms with Gasteiger partial charge in [0.2, 0.25) is 5.91 Å². The molecule has 0 aliphatic carbocycles. The van der Waals surface area contributed by atoms with E-state index >= 15 is 0 Å². The van der Waals surface area contributed by atoms with Crippen LogP contribution in [0, 0.1) is 0 Å². The van der Waals surface area contributed by atoms with Gasteiger partial charge < -0.3 is 10.3 Å². The van der Waals surface area contributed by atoms with E-state index in [-0.39, 0.29) is 0 Å². The van der Waals surface area contributed by atoms with Crippen molar-refractivity contribution in [2.75, 3.05) is 6.26 Å². The molecule has 1 aromatic heterocycles. The summed E-state index contributed by atoms with van der Waals surface area (Å²) in [6.45, 7) is 0.337. The number of fused-ring (bicyclic) bond motifs is 3. The van der Waals surface area contributed by atoms with E-state index in [1.54, 1.807) is 24.3 Å². The van der Waals surface area contributed by atoms with Crippen molar-refractivity contribution in [1.29, 1.82) is 0 Å². The van der Waals surface area contributed by atoms with Crippen LogP contribution >= 0.6 is 0 Å². The molecule has 0 fully saturated rings. The third-order valence-corrected chi connectivity index (χ3v) is 7.16. The van der Waals surface area contributed by atoms with Gasteiger partial charge in [0.05, 0.1) is 15.9 Å². The van der Waals surface area contributed by atoms with Crippen molar-refractivity contribution < 1.29 is 13.2 Å². The summed E-state index contributed by atoms with van der Waals surface area (Å²) in [5.41, 5.74) is 10.7. The molecule has 0 unspecified atom stereocenters. The topological polar surface area (TPSA) is 82.2 Å². The number of nitrogens with zero attached hydrogens (tertiary/aromatic N) is 1. The third-order valence-electron chi connectivity index (χ3n) is 5.96. The molecule has 2 N–H and O–H groups in total. The smallest absolute Gasteiger partial charge is 0.249 e. The molecule has 0 spiro atoms. The molecule has 164 valence electrons. The highest BCUT2D eigenvalue weighted by Crippen LogP contribution is 2.35. The number of hydrogen-bond donors (Lipinski definition) is 1. The van der Waals surface area contributed by atoms with Crippen molar-refractivity contribution in [3.8, 4) is 11.1 Å². The summed E-state index contributed by atoms with van der Waals surface area (Å²) in [5.74, 6) is -0.497. The Hall–Kier alpha value is -3.90. The second-order valence-corrected chi connectivity index (χ2v) is 10.1. The lowest BCUT2D eigenvalue weighted by Crippen LogP contribution is -2.11. The van der Waals surface area contributed by atoms with Gasteiger partial charge in [0.15, 0.2) is 9.84 Å². The molecule has 0 saturated carbocycles. The second kappa shape index (κ2) is 7.90. The van der Waals surface area contributed by atoms with Crippen LogP contribution in [0.1, 0.15) is 15.9 Å². The first kappa shape index (κ1) is 21.0. The standard InChI is InChI=1S/C27H22N2O3S/c1-33(31,32)25-13-6-5-10-20(25)17-29-23-12-7-11-22(27(28)30)26(23)21-15-14-19(16-24(21)29)18-8-3-2-4-9-18/h2-16H,17H2,1H3,(H2,28,30). The Morgan fingerprint density at radius 3 is 2.27 bits per heavy atom. The maximum atomic E-state index is 12.4. The molecule has 0 atom stereocenters. The van der Waals surface area contributed by atoms with Crippen molar-refractivity contribution in [3.05, 3.63) is 102 Å². The zero-order valence-electron chi connectivity index (χ0n) is 18.0. The van der Waals surface area contributed by atoms with Crippen molar-refractivity contribution in [2.45, 2.75) is 11.4 Å². The van der Waals surface area contributed by atoms with Gasteiger partial charge in [0, 0.05) is 29.1 Å². The zero-order chi connectivity index (χ0) is 23.2. The van der Waals surface area contributed by atoms with Crippen LogP contribution in [0.25, 0.3) is 32.9 Å². The molecule has 1 amide bonds. The third kappa shape index (κ3) is 3.68. The molecule has 5 rings (SSSR count). The zero-order valence-corrected chi connectivity index (χ0v) is 18.8. The van der Waals surface area contributed by atoms with E-state index in [2.05, 4.69) is 10.6 Å². The predicted octanol–water partition coefficient (Wildman–Crippen LogP) is 5.01. The van der Waals surface area contributed by atoms with E-state index in [9.17, 15) is 13.2 Å². The maximum absolute atomic E-state index is 12.4. The van der Waals surface area contributed by atoms with E-state index in [0.29, 0.717) is 22.6 Å². The normalized spacial score (nSPS) is 11.8. The maximum Gasteiger partial charge on any atom is 0.249 e. The predicted molar refractivity (Wildman–Crippen MR) is 132 cm³/mol. The average Bonchev–Trinajstić information content (AvgIpc) is 3.12. The van der Waals surface area contributed by atoms with Crippen LogP contribution in [-0.2, 0) is 16.4 Å². The fourth-order valence-corrected chi connectivity index (χ4v) is 5.43. The first-order valence-corrected chi connectivity index (χ1v) is 12.4. The fourth-order valence-electron chi connectivity index (χ4n) is 4.50. The van der Waals surface area contributed by atoms with Gasteiger partial charge in [-0.05, 0) is 41.0 Å². The average molecular weight is 455 g/mol. The number of carbonyl (C=O) groups is 1. The highest BCUT2D eigenvalue weighted by atomic mass is 32.2. The molecule has 0 aliphatic rings. The Morgan fingerprint density at radius 2 is 1.55 bits per heavy atom. The molecule has 4 aromatic carbocycles. The number of carbonyl (C=O) groups excluding carboxylic acids is 1. The van der Waals surface area contributed by atoms with Gasteiger partial charge in [-0.1, -0.05) is 66.7 Å². The summed E-state index contributed by atoms with van der Waals surface area (Å²) in [6.07, 6.45) is 1.22. The van der Waals surface area contributed by atoms with Gasteiger partial charge in [-0.3, -0.25) is 4.79 Å². The lowest BCUT2D eigenvalue weighted by Gasteiger charge is -2.12. The number of amides is 1. The van der Waals surface area contributed by atoms with E-state index in [1.807, 2.05) is 60.7 Å². The molecule has 0 bridgehead atoms. The molecule has 0 radical (unpaired) electrons. The van der Waals surface area contributed by atoms with Gasteiger partial charge in [-0.15, -0.1) is 0 Å². The van der Waals surface area contributed by atoms with Gasteiger partial charge in [-0.2, -0.15) is 0 Å². The number of hydrogen-bond acceptors (Lipinski definition) is 3. The quantitative estimate of drug-likeness (QED) is 0.405. The number of sulfone groups is 1. The van der Waals surface area contributed by atoms with Gasteiger partial charge >= 0.3 is 0 Å². The summed E-state index contributed by atoms with van der Waals surface area (Å²) >= 11 is 0. The number of nitrogens with two attached hydrogens (primary N) is 1. The Morgan fingerprint density at radius 1 is 0.818 bits per heavy atom. The summed E-state index contributed by atoms with van der Waals surface area (Å²) in [4.78, 5) is 12.5. The number of aromatic nitrogens is 1. The highest BCUT2D eigenvalue weighted by Gasteiger charge is 2.19. The number of primary amides is 1. The summed E-state index contributed by atoms with van der Waals surface area (Å²) in [7, 11) is -3.40. The van der Waals surface area contributed by atoms with Gasteiger partial charge in [0.25, 0.3) is 0 Å². The summed E-state index contributed by atoms with van der Waals surface area (Å²) in [6, 6.07) is 28.6.